The molecule has 0 aliphatic carbocycles. The second kappa shape index (κ2) is 6.33. The van der Waals surface area contributed by atoms with E-state index in [4.69, 9.17) is 10.2 Å². The first kappa shape index (κ1) is 12.9. The maximum Gasteiger partial charge on any atom is 0.307 e. The molecule has 0 fully saturated rings. The van der Waals surface area contributed by atoms with Crippen molar-refractivity contribution < 1.29 is 24.5 Å². The number of nitrogens with one attached hydrogen (secondary N) is 1. The third kappa shape index (κ3) is 4.78. The van der Waals surface area contributed by atoms with Crippen LogP contribution in [0.5, 0.6) is 0 Å². The van der Waals surface area contributed by atoms with Crippen molar-refractivity contribution >= 4 is 11.9 Å². The molecule has 0 aromatic rings. The van der Waals surface area contributed by atoms with Crippen LogP contribution in [0.1, 0.15) is 20.3 Å². The summed E-state index contributed by atoms with van der Waals surface area (Å²) >= 11 is 0. The van der Waals surface area contributed by atoms with Crippen LogP contribution in [-0.2, 0) is 14.3 Å². The molecule has 2 atom stereocenters. The van der Waals surface area contributed by atoms with E-state index in [-0.39, 0.29) is 6.42 Å². The van der Waals surface area contributed by atoms with Crippen molar-refractivity contribution in [2.24, 2.45) is 0 Å². The number of rotatable bonds is 5. The fourth-order valence-corrected chi connectivity index (χ4v) is 0.725. The summed E-state index contributed by atoms with van der Waals surface area (Å²) in [5, 5.41) is 20.0. The molecule has 6 heteroatoms. The molecular weight excluding hydrogens is 190 g/mol. The lowest BCUT2D eigenvalue weighted by Crippen LogP contribution is -2.47. The van der Waals surface area contributed by atoms with Crippen LogP contribution in [0.2, 0.25) is 0 Å². The molecule has 0 saturated heterocycles. The first-order valence-corrected chi connectivity index (χ1v) is 4.26. The standard InChI is InChI=1S/C8H15NO5/c1-3-7(13)14-8(6(12)4-10)9-5(2)11/h6,8,10,12H,3-4H2,1-2H3,(H,9,11). The fourth-order valence-electron chi connectivity index (χ4n) is 0.725. The van der Waals surface area contributed by atoms with Gasteiger partial charge in [-0.05, 0) is 0 Å². The molecule has 0 radical (unpaired) electrons. The molecule has 1 amide bonds. The zero-order valence-corrected chi connectivity index (χ0v) is 8.19. The molecule has 3 N–H and O–H groups in total. The van der Waals surface area contributed by atoms with Crippen LogP contribution in [0.3, 0.4) is 0 Å². The van der Waals surface area contributed by atoms with E-state index in [2.05, 4.69) is 10.1 Å². The van der Waals surface area contributed by atoms with Crippen molar-refractivity contribution in [3.05, 3.63) is 0 Å². The summed E-state index contributed by atoms with van der Waals surface area (Å²) in [4.78, 5) is 21.5. The predicted octanol–water partition coefficient (Wildman–Crippen LogP) is -1.24. The van der Waals surface area contributed by atoms with E-state index < -0.39 is 30.8 Å². The third-order valence-corrected chi connectivity index (χ3v) is 1.43. The van der Waals surface area contributed by atoms with Gasteiger partial charge in [-0.2, -0.15) is 0 Å². The van der Waals surface area contributed by atoms with Crippen LogP contribution in [0.15, 0.2) is 0 Å². The zero-order valence-electron chi connectivity index (χ0n) is 8.19. The molecule has 0 aliphatic rings. The molecule has 2 unspecified atom stereocenters. The van der Waals surface area contributed by atoms with Crippen LogP contribution in [0.4, 0.5) is 0 Å². The Morgan fingerprint density at radius 3 is 2.43 bits per heavy atom. The minimum absolute atomic E-state index is 0.133. The Kier molecular flexibility index (Phi) is 5.82. The van der Waals surface area contributed by atoms with Gasteiger partial charge in [0.1, 0.15) is 6.10 Å². The van der Waals surface area contributed by atoms with Crippen LogP contribution in [0.25, 0.3) is 0 Å². The zero-order chi connectivity index (χ0) is 11.1. The van der Waals surface area contributed by atoms with Gasteiger partial charge in [-0.1, -0.05) is 6.92 Å². The summed E-state index contributed by atoms with van der Waals surface area (Å²) in [6.45, 7) is 2.21. The van der Waals surface area contributed by atoms with Gasteiger partial charge in [0.2, 0.25) is 12.1 Å². The van der Waals surface area contributed by atoms with E-state index in [1.54, 1.807) is 6.92 Å². The van der Waals surface area contributed by atoms with Gasteiger partial charge in [-0.25, -0.2) is 0 Å². The highest BCUT2D eigenvalue weighted by Gasteiger charge is 2.22. The van der Waals surface area contributed by atoms with Crippen molar-refractivity contribution in [2.75, 3.05) is 6.61 Å². The Balaban J connectivity index is 4.23. The maximum absolute atomic E-state index is 10.9. The second-order valence-corrected chi connectivity index (χ2v) is 2.71. The van der Waals surface area contributed by atoms with Gasteiger partial charge in [0.05, 0.1) is 6.61 Å². The first-order valence-electron chi connectivity index (χ1n) is 4.26. The van der Waals surface area contributed by atoms with Crippen LogP contribution < -0.4 is 5.32 Å². The summed E-state index contributed by atoms with van der Waals surface area (Å²) in [6.07, 6.45) is -2.37. The molecule has 6 nitrogen and oxygen atoms in total. The van der Waals surface area contributed by atoms with Gasteiger partial charge in [-0.15, -0.1) is 0 Å². The number of esters is 1. The number of hydrogen-bond acceptors (Lipinski definition) is 5. The van der Waals surface area contributed by atoms with Crippen molar-refractivity contribution in [2.45, 2.75) is 32.6 Å². The Morgan fingerprint density at radius 2 is 2.07 bits per heavy atom. The van der Waals surface area contributed by atoms with Crippen molar-refractivity contribution in [3.63, 3.8) is 0 Å². The molecule has 0 bridgehead atoms. The van der Waals surface area contributed by atoms with Crippen LogP contribution in [0, 0.1) is 0 Å². The van der Waals surface area contributed by atoms with E-state index >= 15 is 0 Å². The SMILES string of the molecule is CCC(=O)OC(NC(C)=O)C(O)CO. The Hall–Kier alpha value is -1.14. The molecule has 0 aliphatic heterocycles. The van der Waals surface area contributed by atoms with Crippen molar-refractivity contribution in [1.82, 2.24) is 5.32 Å². The molecule has 82 valence electrons. The van der Waals surface area contributed by atoms with Gasteiger partial charge in [0.25, 0.3) is 0 Å². The normalized spacial score (nSPS) is 14.3. The Morgan fingerprint density at radius 1 is 1.50 bits per heavy atom. The number of ether oxygens (including phenoxy) is 1. The molecule has 14 heavy (non-hydrogen) atoms. The molecular formula is C8H15NO5. The van der Waals surface area contributed by atoms with Gasteiger partial charge < -0.3 is 20.3 Å². The van der Waals surface area contributed by atoms with Gasteiger partial charge in [0, 0.05) is 13.3 Å². The van der Waals surface area contributed by atoms with E-state index in [1.165, 1.54) is 6.92 Å². The van der Waals surface area contributed by atoms with Crippen LogP contribution >= 0.6 is 0 Å². The molecule has 0 saturated carbocycles. The summed E-state index contributed by atoms with van der Waals surface area (Å²) in [7, 11) is 0. The topological polar surface area (TPSA) is 95.9 Å². The monoisotopic (exact) mass is 205 g/mol. The van der Waals surface area contributed by atoms with E-state index in [0.29, 0.717) is 0 Å². The van der Waals surface area contributed by atoms with E-state index in [1.807, 2.05) is 0 Å². The van der Waals surface area contributed by atoms with Gasteiger partial charge in [0.15, 0.2) is 0 Å². The smallest absolute Gasteiger partial charge is 0.307 e. The van der Waals surface area contributed by atoms with E-state index in [9.17, 15) is 9.59 Å². The second-order valence-electron chi connectivity index (χ2n) is 2.71. The average molecular weight is 205 g/mol. The van der Waals surface area contributed by atoms with E-state index in [0.717, 1.165) is 0 Å². The molecule has 0 aromatic carbocycles. The summed E-state index contributed by atoms with van der Waals surface area (Å²) < 4.78 is 4.68. The number of aliphatic hydroxyl groups excluding tert-OH is 2. The highest BCUT2D eigenvalue weighted by molar-refractivity contribution is 5.74. The number of amides is 1. The molecule has 0 heterocycles. The molecule has 0 rings (SSSR count). The minimum Gasteiger partial charge on any atom is -0.439 e. The summed E-state index contributed by atoms with van der Waals surface area (Å²) in [5.41, 5.74) is 0. The number of hydrogen-bond donors (Lipinski definition) is 3. The lowest BCUT2D eigenvalue weighted by atomic mass is 10.3. The average Bonchev–Trinajstić information content (AvgIpc) is 2.14. The lowest BCUT2D eigenvalue weighted by molar-refractivity contribution is -0.160. The summed E-state index contributed by atoms with van der Waals surface area (Å²) in [6, 6.07) is 0. The highest BCUT2D eigenvalue weighted by atomic mass is 16.6. The number of carbonyl (C=O) groups excluding carboxylic acids is 2. The number of carbonyl (C=O) groups is 2. The molecule has 0 spiro atoms. The van der Waals surface area contributed by atoms with Gasteiger partial charge >= 0.3 is 5.97 Å². The highest BCUT2D eigenvalue weighted by Crippen LogP contribution is 1.98. The largest absolute Gasteiger partial charge is 0.439 e. The summed E-state index contributed by atoms with van der Waals surface area (Å²) in [5.74, 6) is -1.01. The Bertz CT molecular complexity index is 206. The molecule has 0 aromatic heterocycles. The predicted molar refractivity (Wildman–Crippen MR) is 47.1 cm³/mol. The Labute approximate surface area is 81.9 Å². The fraction of sp³-hybridized carbons (Fsp3) is 0.750. The lowest BCUT2D eigenvalue weighted by Gasteiger charge is -2.21. The van der Waals surface area contributed by atoms with Gasteiger partial charge in [-0.3, -0.25) is 9.59 Å². The van der Waals surface area contributed by atoms with Crippen molar-refractivity contribution in [3.8, 4) is 0 Å². The first-order chi connectivity index (χ1) is 6.51. The third-order valence-electron chi connectivity index (χ3n) is 1.43. The maximum atomic E-state index is 10.9. The van der Waals surface area contributed by atoms with Crippen molar-refractivity contribution in [1.29, 1.82) is 0 Å². The quantitative estimate of drug-likeness (QED) is 0.385. The van der Waals surface area contributed by atoms with Crippen LogP contribution in [-0.4, -0.2) is 41.0 Å². The minimum atomic E-state index is -1.31. The number of aliphatic hydroxyl groups is 2.